The highest BCUT2D eigenvalue weighted by Gasteiger charge is 2.48. The first-order chi connectivity index (χ1) is 20.8. The molecule has 43 heavy (non-hydrogen) atoms. The predicted octanol–water partition coefficient (Wildman–Crippen LogP) is 7.48. The second-order valence-corrected chi connectivity index (χ2v) is 12.0. The monoisotopic (exact) mass is 618 g/mol. The molecule has 1 aromatic heterocycles. The highest BCUT2D eigenvalue weighted by atomic mass is 35.5. The van der Waals surface area contributed by atoms with Crippen molar-refractivity contribution < 1.29 is 28.9 Å². The van der Waals surface area contributed by atoms with Crippen molar-refractivity contribution in [3.05, 3.63) is 81.9 Å². The number of hydrogen-bond acceptors (Lipinski definition) is 8. The van der Waals surface area contributed by atoms with Crippen molar-refractivity contribution in [1.82, 2.24) is 4.98 Å². The Bertz CT molecular complexity index is 1770. The van der Waals surface area contributed by atoms with E-state index in [9.17, 15) is 14.7 Å². The Morgan fingerprint density at radius 2 is 1.93 bits per heavy atom. The number of aliphatic hydroxyl groups is 1. The summed E-state index contributed by atoms with van der Waals surface area (Å²) in [5, 5.41) is 12.6. The SMILES string of the molecule is CCCCOc1ccc([C@@H]2C(=C(O)c3ccc4c(c3)C[C@@H](C)O4)C(=O)C(=O)N2c2nc3ccc(Cl)cc3s2)cc1OCC. The quantitative estimate of drug-likeness (QED) is 0.0899. The maximum atomic E-state index is 13.8. The Balaban J connectivity index is 1.51. The fourth-order valence-electron chi connectivity index (χ4n) is 5.47. The van der Waals surface area contributed by atoms with Crippen LogP contribution in [-0.4, -0.2) is 41.1 Å². The summed E-state index contributed by atoms with van der Waals surface area (Å²) in [7, 11) is 0. The number of carbonyl (C=O) groups is 2. The van der Waals surface area contributed by atoms with Gasteiger partial charge in [-0.1, -0.05) is 42.3 Å². The largest absolute Gasteiger partial charge is 0.507 e. The van der Waals surface area contributed by atoms with Gasteiger partial charge < -0.3 is 19.3 Å². The average molecular weight is 619 g/mol. The van der Waals surface area contributed by atoms with Gasteiger partial charge in [-0.05, 0) is 79.9 Å². The van der Waals surface area contributed by atoms with Gasteiger partial charge in [-0.3, -0.25) is 14.5 Å². The molecule has 2 atom stereocenters. The summed E-state index contributed by atoms with van der Waals surface area (Å²) >= 11 is 7.47. The number of anilines is 1. The smallest absolute Gasteiger partial charge is 0.301 e. The third-order valence-electron chi connectivity index (χ3n) is 7.50. The van der Waals surface area contributed by atoms with E-state index in [1.807, 2.05) is 19.9 Å². The number of carbonyl (C=O) groups excluding carboxylic acids is 2. The van der Waals surface area contributed by atoms with Crippen molar-refractivity contribution in [2.24, 2.45) is 0 Å². The molecule has 2 aliphatic heterocycles. The van der Waals surface area contributed by atoms with E-state index < -0.39 is 17.7 Å². The van der Waals surface area contributed by atoms with E-state index in [4.69, 9.17) is 25.8 Å². The van der Waals surface area contributed by atoms with E-state index in [1.54, 1.807) is 48.5 Å². The highest BCUT2D eigenvalue weighted by Crippen LogP contribution is 2.46. The van der Waals surface area contributed by atoms with Gasteiger partial charge in [0.1, 0.15) is 17.6 Å². The highest BCUT2D eigenvalue weighted by molar-refractivity contribution is 7.22. The molecule has 1 fully saturated rings. The number of ketones is 1. The summed E-state index contributed by atoms with van der Waals surface area (Å²) in [5.74, 6) is -0.0465. The van der Waals surface area contributed by atoms with Crippen LogP contribution in [0.1, 0.15) is 56.3 Å². The van der Waals surface area contributed by atoms with Crippen LogP contribution in [0.15, 0.2) is 60.2 Å². The maximum absolute atomic E-state index is 13.8. The Morgan fingerprint density at radius 1 is 1.09 bits per heavy atom. The molecule has 3 heterocycles. The van der Waals surface area contributed by atoms with Crippen molar-refractivity contribution >= 4 is 55.7 Å². The maximum Gasteiger partial charge on any atom is 0.301 e. The van der Waals surface area contributed by atoms with Crippen LogP contribution in [0.4, 0.5) is 5.13 Å². The van der Waals surface area contributed by atoms with Crippen LogP contribution < -0.4 is 19.1 Å². The van der Waals surface area contributed by atoms with Crippen molar-refractivity contribution in [2.75, 3.05) is 18.1 Å². The van der Waals surface area contributed by atoms with E-state index in [0.29, 0.717) is 57.9 Å². The minimum absolute atomic E-state index is 0.0144. The van der Waals surface area contributed by atoms with Gasteiger partial charge in [-0.2, -0.15) is 0 Å². The summed E-state index contributed by atoms with van der Waals surface area (Å²) in [6, 6.07) is 14.9. The van der Waals surface area contributed by atoms with Gasteiger partial charge in [0.2, 0.25) is 0 Å². The number of nitrogens with zero attached hydrogens (tertiary/aromatic N) is 2. The van der Waals surface area contributed by atoms with Crippen molar-refractivity contribution in [2.45, 2.75) is 52.2 Å². The van der Waals surface area contributed by atoms with Crippen LogP contribution in [-0.2, 0) is 16.0 Å². The normalized spacial score (nSPS) is 19.1. The summed E-state index contributed by atoms with van der Waals surface area (Å²) in [6.45, 7) is 6.86. The third kappa shape index (κ3) is 5.43. The van der Waals surface area contributed by atoms with Gasteiger partial charge in [0.15, 0.2) is 16.6 Å². The second-order valence-electron chi connectivity index (χ2n) is 10.6. The lowest BCUT2D eigenvalue weighted by molar-refractivity contribution is -0.132. The molecule has 3 aromatic carbocycles. The van der Waals surface area contributed by atoms with Gasteiger partial charge >= 0.3 is 5.91 Å². The molecule has 0 aliphatic carbocycles. The molecule has 0 radical (unpaired) electrons. The van der Waals surface area contributed by atoms with Crippen molar-refractivity contribution in [3.8, 4) is 17.2 Å². The van der Waals surface area contributed by atoms with Crippen molar-refractivity contribution in [3.63, 3.8) is 0 Å². The molecule has 0 spiro atoms. The summed E-state index contributed by atoms with van der Waals surface area (Å²) in [4.78, 5) is 33.6. The molecule has 2 aliphatic rings. The van der Waals surface area contributed by atoms with E-state index in [2.05, 4.69) is 11.9 Å². The number of unbranched alkanes of at least 4 members (excludes halogenated alkanes) is 1. The molecule has 4 aromatic rings. The summed E-state index contributed by atoms with van der Waals surface area (Å²) in [5.41, 5.74) is 2.55. The number of rotatable bonds is 9. The fourth-order valence-corrected chi connectivity index (χ4v) is 6.74. The number of Topliss-reactive ketones (excluding diaryl/α,β-unsaturated/α-hetero) is 1. The number of hydrogen-bond donors (Lipinski definition) is 1. The summed E-state index contributed by atoms with van der Waals surface area (Å²) in [6.07, 6.45) is 2.57. The minimum Gasteiger partial charge on any atom is -0.507 e. The third-order valence-corrected chi connectivity index (χ3v) is 8.75. The zero-order valence-corrected chi connectivity index (χ0v) is 25.6. The van der Waals surface area contributed by atoms with Gasteiger partial charge in [-0.15, -0.1) is 0 Å². The number of aromatic nitrogens is 1. The molecule has 6 rings (SSSR count). The van der Waals surface area contributed by atoms with Crippen LogP contribution in [0.5, 0.6) is 17.2 Å². The van der Waals surface area contributed by atoms with Crippen LogP contribution in [0.25, 0.3) is 16.0 Å². The Morgan fingerprint density at radius 3 is 2.72 bits per heavy atom. The topological polar surface area (TPSA) is 98.2 Å². The minimum atomic E-state index is -0.969. The Labute approximate surface area is 258 Å². The number of amides is 1. The van der Waals surface area contributed by atoms with Crippen molar-refractivity contribution in [1.29, 1.82) is 0 Å². The van der Waals surface area contributed by atoms with Crippen LogP contribution in [0.2, 0.25) is 5.02 Å². The summed E-state index contributed by atoms with van der Waals surface area (Å²) < 4.78 is 18.5. The molecule has 0 unspecified atom stereocenters. The molecule has 1 N–H and O–H groups in total. The van der Waals surface area contributed by atoms with Gasteiger partial charge in [-0.25, -0.2) is 4.98 Å². The van der Waals surface area contributed by atoms with Gasteiger partial charge in [0, 0.05) is 17.0 Å². The van der Waals surface area contributed by atoms with Crippen LogP contribution >= 0.6 is 22.9 Å². The molecule has 1 saturated heterocycles. The number of thiazole rings is 1. The van der Waals surface area contributed by atoms with E-state index >= 15 is 0 Å². The van der Waals surface area contributed by atoms with Crippen LogP contribution in [0.3, 0.4) is 0 Å². The second kappa shape index (κ2) is 11.9. The number of halogens is 1. The number of benzene rings is 3. The first-order valence-corrected chi connectivity index (χ1v) is 15.5. The van der Waals surface area contributed by atoms with E-state index in [1.165, 1.54) is 16.2 Å². The predicted molar refractivity (Wildman–Crippen MR) is 168 cm³/mol. The Hall–Kier alpha value is -4.08. The molecule has 1 amide bonds. The number of ether oxygens (including phenoxy) is 3. The average Bonchev–Trinajstić information content (AvgIpc) is 3.65. The van der Waals surface area contributed by atoms with Gasteiger partial charge in [0.25, 0.3) is 5.78 Å². The molecule has 10 heteroatoms. The first kappa shape index (κ1) is 29.0. The standard InChI is InChI=1S/C33H31ClN2O6S/c1-4-6-13-41-25-12-7-19(16-26(25)40-5-2)29-28(30(37)20-8-11-24-21(15-20)14-18(3)42-24)31(38)32(39)36(29)33-35-23-10-9-22(34)17-27(23)43-33/h7-12,15-18,29,37H,4-6,13-14H2,1-3H3/t18-,29-/m1/s1. The lowest BCUT2D eigenvalue weighted by atomic mass is 9.94. The molecular weight excluding hydrogens is 588 g/mol. The molecule has 0 bridgehead atoms. The van der Waals surface area contributed by atoms with E-state index in [-0.39, 0.29) is 17.4 Å². The Kier molecular flexibility index (Phi) is 8.03. The molecule has 0 saturated carbocycles. The zero-order chi connectivity index (χ0) is 30.2. The molecule has 222 valence electrons. The lowest BCUT2D eigenvalue weighted by Gasteiger charge is -2.24. The number of aliphatic hydroxyl groups excluding tert-OH is 1. The lowest BCUT2D eigenvalue weighted by Crippen LogP contribution is -2.29. The molecular formula is C33H31ClN2O6S. The number of fused-ring (bicyclic) bond motifs is 2. The van der Waals surface area contributed by atoms with Crippen LogP contribution in [0, 0.1) is 0 Å². The zero-order valence-electron chi connectivity index (χ0n) is 24.1. The molecule has 8 nitrogen and oxygen atoms in total. The first-order valence-electron chi connectivity index (χ1n) is 14.4. The van der Waals surface area contributed by atoms with Gasteiger partial charge in [0.05, 0.1) is 35.0 Å². The fraction of sp³-hybridized carbons (Fsp3) is 0.303. The van der Waals surface area contributed by atoms with E-state index in [0.717, 1.165) is 28.9 Å².